The van der Waals surface area contributed by atoms with Gasteiger partial charge in [0.25, 0.3) is 0 Å². The lowest BCUT2D eigenvalue weighted by molar-refractivity contribution is -0.114. The average Bonchev–Trinajstić information content (AvgIpc) is 2.86. The molecule has 2 aromatic rings. The van der Waals surface area contributed by atoms with Crippen LogP contribution in [0.1, 0.15) is 20.3 Å². The first-order valence-corrected chi connectivity index (χ1v) is 8.43. The zero-order valence-electron chi connectivity index (χ0n) is 13.5. The second-order valence-electron chi connectivity index (χ2n) is 5.06. The van der Waals surface area contributed by atoms with Crippen molar-refractivity contribution in [1.29, 1.82) is 0 Å². The Labute approximate surface area is 143 Å². The molecule has 0 saturated carbocycles. The lowest BCUT2D eigenvalue weighted by Crippen LogP contribution is -2.18. The molecule has 1 aromatic carbocycles. The molecule has 0 fully saturated rings. The summed E-state index contributed by atoms with van der Waals surface area (Å²) in [6, 6.07) is 6.88. The number of anilines is 2. The Morgan fingerprint density at radius 2 is 2.00 bits per heavy atom. The van der Waals surface area contributed by atoms with E-state index in [0.29, 0.717) is 23.1 Å². The topological polar surface area (TPSA) is 109 Å². The molecular formula is C15H19N5O3S. The number of hydrogen-bond acceptors (Lipinski definition) is 5. The van der Waals surface area contributed by atoms with E-state index in [1.165, 1.54) is 23.3 Å². The smallest absolute Gasteiger partial charge is 0.326 e. The molecule has 0 atom stereocenters. The van der Waals surface area contributed by atoms with Crippen molar-refractivity contribution < 1.29 is 9.59 Å². The average molecular weight is 349 g/mol. The minimum atomic E-state index is -0.275. The number of benzene rings is 1. The van der Waals surface area contributed by atoms with Gasteiger partial charge in [-0.2, -0.15) is 0 Å². The lowest BCUT2D eigenvalue weighted by atomic mass is 10.2. The van der Waals surface area contributed by atoms with E-state index in [2.05, 4.69) is 20.8 Å². The van der Waals surface area contributed by atoms with Crippen molar-refractivity contribution >= 4 is 35.0 Å². The van der Waals surface area contributed by atoms with Gasteiger partial charge in [0, 0.05) is 24.8 Å². The van der Waals surface area contributed by atoms with Gasteiger partial charge in [-0.3, -0.25) is 14.2 Å². The highest BCUT2D eigenvalue weighted by atomic mass is 32.2. The van der Waals surface area contributed by atoms with Crippen molar-refractivity contribution in [2.75, 3.05) is 16.4 Å². The van der Waals surface area contributed by atoms with E-state index in [-0.39, 0.29) is 23.3 Å². The van der Waals surface area contributed by atoms with Gasteiger partial charge >= 0.3 is 5.69 Å². The van der Waals surface area contributed by atoms with Gasteiger partial charge in [0.15, 0.2) is 5.16 Å². The predicted molar refractivity (Wildman–Crippen MR) is 93.2 cm³/mol. The van der Waals surface area contributed by atoms with Crippen LogP contribution in [-0.2, 0) is 16.1 Å². The summed E-state index contributed by atoms with van der Waals surface area (Å²) in [5, 5.41) is 12.2. The van der Waals surface area contributed by atoms with E-state index in [0.717, 1.165) is 6.42 Å². The number of amides is 2. The summed E-state index contributed by atoms with van der Waals surface area (Å²) in [7, 11) is 0. The molecule has 0 aliphatic rings. The molecule has 2 rings (SSSR count). The Balaban J connectivity index is 1.94. The highest BCUT2D eigenvalue weighted by Crippen LogP contribution is 2.17. The first-order valence-electron chi connectivity index (χ1n) is 7.45. The van der Waals surface area contributed by atoms with Crippen LogP contribution in [0.15, 0.2) is 34.2 Å². The number of hydrogen-bond donors (Lipinski definition) is 3. The summed E-state index contributed by atoms with van der Waals surface area (Å²) in [6.07, 6.45) is 0.801. The zero-order chi connectivity index (χ0) is 17.5. The van der Waals surface area contributed by atoms with Crippen LogP contribution in [0.5, 0.6) is 0 Å². The molecule has 0 aliphatic carbocycles. The molecule has 3 N–H and O–H groups in total. The first-order chi connectivity index (χ1) is 11.5. The minimum absolute atomic E-state index is 0.123. The number of rotatable bonds is 7. The number of carbonyl (C=O) groups excluding carboxylic acids is 2. The summed E-state index contributed by atoms with van der Waals surface area (Å²) in [5.41, 5.74) is 0.916. The summed E-state index contributed by atoms with van der Waals surface area (Å²) >= 11 is 1.19. The molecule has 0 unspecified atom stereocenters. The normalized spacial score (nSPS) is 10.4. The van der Waals surface area contributed by atoms with Crippen LogP contribution in [0.3, 0.4) is 0 Å². The van der Waals surface area contributed by atoms with Crippen LogP contribution in [0.2, 0.25) is 0 Å². The molecule has 0 saturated heterocycles. The Hall–Kier alpha value is -2.55. The lowest BCUT2D eigenvalue weighted by Gasteiger charge is -2.08. The van der Waals surface area contributed by atoms with Crippen molar-refractivity contribution in [2.45, 2.75) is 32.0 Å². The second-order valence-corrected chi connectivity index (χ2v) is 6.00. The molecule has 0 bridgehead atoms. The molecule has 2 amide bonds. The van der Waals surface area contributed by atoms with E-state index in [1.54, 1.807) is 24.3 Å². The van der Waals surface area contributed by atoms with Gasteiger partial charge in [0.2, 0.25) is 11.8 Å². The van der Waals surface area contributed by atoms with Crippen molar-refractivity contribution in [1.82, 2.24) is 14.8 Å². The second kappa shape index (κ2) is 8.34. The van der Waals surface area contributed by atoms with Crippen molar-refractivity contribution in [3.05, 3.63) is 34.7 Å². The van der Waals surface area contributed by atoms with Crippen LogP contribution in [0, 0.1) is 0 Å². The monoisotopic (exact) mass is 349 g/mol. The van der Waals surface area contributed by atoms with Crippen LogP contribution in [0.25, 0.3) is 0 Å². The van der Waals surface area contributed by atoms with Crippen LogP contribution in [0.4, 0.5) is 11.4 Å². The number of carbonyl (C=O) groups is 2. The molecular weight excluding hydrogens is 330 g/mol. The zero-order valence-corrected chi connectivity index (χ0v) is 14.3. The maximum absolute atomic E-state index is 12.1. The van der Waals surface area contributed by atoms with E-state index in [4.69, 9.17) is 0 Å². The van der Waals surface area contributed by atoms with Crippen molar-refractivity contribution in [3.63, 3.8) is 0 Å². The van der Waals surface area contributed by atoms with E-state index in [1.807, 2.05) is 6.92 Å². The molecule has 8 nitrogen and oxygen atoms in total. The predicted octanol–water partition coefficient (Wildman–Crippen LogP) is 1.67. The highest BCUT2D eigenvalue weighted by molar-refractivity contribution is 7.99. The third-order valence-corrected chi connectivity index (χ3v) is 3.95. The van der Waals surface area contributed by atoms with Crippen molar-refractivity contribution in [2.24, 2.45) is 0 Å². The van der Waals surface area contributed by atoms with Gasteiger partial charge in [-0.05, 0) is 24.6 Å². The molecule has 128 valence electrons. The number of aromatic amines is 1. The quantitative estimate of drug-likeness (QED) is 0.659. The van der Waals surface area contributed by atoms with Crippen LogP contribution >= 0.6 is 11.8 Å². The molecule has 0 radical (unpaired) electrons. The van der Waals surface area contributed by atoms with Gasteiger partial charge < -0.3 is 10.6 Å². The minimum Gasteiger partial charge on any atom is -0.326 e. The van der Waals surface area contributed by atoms with Crippen molar-refractivity contribution in [3.8, 4) is 0 Å². The van der Waals surface area contributed by atoms with Gasteiger partial charge in [-0.25, -0.2) is 9.89 Å². The number of H-pyrrole nitrogens is 1. The largest absolute Gasteiger partial charge is 0.343 e. The third kappa shape index (κ3) is 4.98. The Kier molecular flexibility index (Phi) is 6.19. The Morgan fingerprint density at radius 1 is 1.29 bits per heavy atom. The van der Waals surface area contributed by atoms with Crippen LogP contribution in [-0.4, -0.2) is 32.3 Å². The summed E-state index contributed by atoms with van der Waals surface area (Å²) < 4.78 is 1.51. The standard InChI is InChI=1S/C15H19N5O3S/c1-3-7-20-14(23)18-19-15(20)24-9-13(22)17-12-6-4-5-11(8-12)16-10(2)21/h4-6,8H,3,7,9H2,1-2H3,(H,16,21)(H,17,22)(H,18,23). The SMILES string of the molecule is CCCn1c(SCC(=O)Nc2cccc(NC(C)=O)c2)n[nH]c1=O. The maximum atomic E-state index is 12.1. The molecule has 24 heavy (non-hydrogen) atoms. The maximum Gasteiger partial charge on any atom is 0.343 e. The molecule has 0 aliphatic heterocycles. The Bertz CT molecular complexity index is 783. The van der Waals surface area contributed by atoms with Gasteiger partial charge in [0.05, 0.1) is 5.75 Å². The number of nitrogens with one attached hydrogen (secondary N) is 3. The number of aromatic nitrogens is 3. The van der Waals surface area contributed by atoms with Crippen LogP contribution < -0.4 is 16.3 Å². The van der Waals surface area contributed by atoms with E-state index < -0.39 is 0 Å². The van der Waals surface area contributed by atoms with E-state index >= 15 is 0 Å². The summed E-state index contributed by atoms with van der Waals surface area (Å²) in [6.45, 7) is 3.93. The van der Waals surface area contributed by atoms with Gasteiger partial charge in [0.1, 0.15) is 0 Å². The van der Waals surface area contributed by atoms with Gasteiger partial charge in [-0.1, -0.05) is 24.8 Å². The molecule has 1 heterocycles. The fourth-order valence-electron chi connectivity index (χ4n) is 2.04. The molecule has 0 spiro atoms. The van der Waals surface area contributed by atoms with E-state index in [9.17, 15) is 14.4 Å². The Morgan fingerprint density at radius 3 is 2.67 bits per heavy atom. The molecule has 1 aromatic heterocycles. The fraction of sp³-hybridized carbons (Fsp3) is 0.333. The number of thioether (sulfide) groups is 1. The van der Waals surface area contributed by atoms with Gasteiger partial charge in [-0.15, -0.1) is 5.10 Å². The highest BCUT2D eigenvalue weighted by Gasteiger charge is 2.11. The summed E-state index contributed by atoms with van der Waals surface area (Å²) in [4.78, 5) is 34.7. The first kappa shape index (κ1) is 17.8. The molecule has 9 heteroatoms. The number of nitrogens with zero attached hydrogens (tertiary/aromatic N) is 2. The summed E-state index contributed by atoms with van der Waals surface area (Å²) in [5.74, 6) is -0.279. The fourth-order valence-corrected chi connectivity index (χ4v) is 2.81. The third-order valence-electron chi connectivity index (χ3n) is 2.97.